The Morgan fingerprint density at radius 3 is 1.73 bits per heavy atom. The Hall–Kier alpha value is -0.210. The molecule has 7 heteroatoms. The van der Waals surface area contributed by atoms with Gasteiger partial charge < -0.3 is 15.9 Å². The molecule has 0 amide bonds. The van der Waals surface area contributed by atoms with Crippen molar-refractivity contribution < 1.29 is 23.2 Å². The smallest absolute Gasteiger partial charge is 0.291 e. The topological polar surface area (TPSA) is 121 Å². The highest BCUT2D eigenvalue weighted by molar-refractivity contribution is 7.86. The van der Waals surface area contributed by atoms with E-state index in [0.29, 0.717) is 6.54 Å². The van der Waals surface area contributed by atoms with Crippen molar-refractivity contribution in [3.05, 3.63) is 0 Å². The van der Waals surface area contributed by atoms with Crippen LogP contribution in [0.3, 0.4) is 0 Å². The first kappa shape index (κ1) is 13.4. The summed E-state index contributed by atoms with van der Waals surface area (Å²) >= 11 is 0. The Labute approximate surface area is 65.4 Å². The highest BCUT2D eigenvalue weighted by Gasteiger charge is 2.10. The van der Waals surface area contributed by atoms with Gasteiger partial charge in [0.05, 0.1) is 6.61 Å². The van der Waals surface area contributed by atoms with E-state index >= 15 is 0 Å². The number of hydrogen-bond acceptors (Lipinski definition) is 5. The molecule has 70 valence electrons. The van der Waals surface area contributed by atoms with E-state index in [1.807, 2.05) is 0 Å². The fourth-order valence-electron chi connectivity index (χ4n) is 0. The first-order chi connectivity index (χ1) is 4.86. The van der Waals surface area contributed by atoms with Gasteiger partial charge in [0, 0.05) is 6.54 Å². The first-order valence-electron chi connectivity index (χ1n) is 2.81. The maximum absolute atomic E-state index is 9.64. The van der Waals surface area contributed by atoms with Gasteiger partial charge in [-0.05, 0) is 6.92 Å². The molecule has 0 heterocycles. The number of aliphatic hydroxyl groups is 2. The summed E-state index contributed by atoms with van der Waals surface area (Å²) in [6.07, 6.45) is 0. The van der Waals surface area contributed by atoms with Gasteiger partial charge in [-0.3, -0.25) is 4.55 Å². The summed E-state index contributed by atoms with van der Waals surface area (Å²) in [5.74, 6) is 0. The molecule has 1 unspecified atom stereocenters. The summed E-state index contributed by atoms with van der Waals surface area (Å²) in [6, 6.07) is 0. The molecule has 0 bridgehead atoms. The monoisotopic (exact) mass is 187 g/mol. The Balaban J connectivity index is 0. The van der Waals surface area contributed by atoms with Crippen LogP contribution in [-0.4, -0.2) is 41.8 Å². The average Bonchev–Trinajstić information content (AvgIpc) is 1.87. The van der Waals surface area contributed by atoms with Crippen molar-refractivity contribution in [1.29, 1.82) is 0 Å². The largest absolute Gasteiger partial charge is 0.395 e. The number of rotatable bonds is 2. The molecule has 0 aromatic carbocycles. The summed E-state index contributed by atoms with van der Waals surface area (Å²) in [7, 11) is -4.19. The Morgan fingerprint density at radius 1 is 1.55 bits per heavy atom. The maximum Gasteiger partial charge on any atom is 0.291 e. The molecular formula is C4H13NO5S. The fraction of sp³-hybridized carbons (Fsp3) is 1.00. The molecule has 0 aliphatic carbocycles. The molecule has 0 aromatic rings. The SMILES string of the molecule is CC(O)S(=O)(=O)O.NCCO. The lowest BCUT2D eigenvalue weighted by molar-refractivity contribution is 0.252. The number of aliphatic hydroxyl groups excluding tert-OH is 2. The van der Waals surface area contributed by atoms with Gasteiger partial charge in [0.25, 0.3) is 10.1 Å². The standard InChI is InChI=1S/C2H7NO.C2H6O4S/c3-1-2-4;1-2(3)7(4,5)6/h4H,1-3H2;2-3H,1H3,(H,4,5,6). The molecular weight excluding hydrogens is 174 g/mol. The van der Waals surface area contributed by atoms with Gasteiger partial charge in [-0.1, -0.05) is 0 Å². The molecule has 0 spiro atoms. The van der Waals surface area contributed by atoms with E-state index in [0.717, 1.165) is 6.92 Å². The lowest BCUT2D eigenvalue weighted by Crippen LogP contribution is -2.14. The zero-order valence-corrected chi connectivity index (χ0v) is 6.95. The highest BCUT2D eigenvalue weighted by atomic mass is 32.2. The molecule has 0 aromatic heterocycles. The Morgan fingerprint density at radius 2 is 1.73 bits per heavy atom. The molecule has 5 N–H and O–H groups in total. The van der Waals surface area contributed by atoms with Crippen molar-refractivity contribution in [3.63, 3.8) is 0 Å². The predicted molar refractivity (Wildman–Crippen MR) is 39.4 cm³/mol. The van der Waals surface area contributed by atoms with Crippen molar-refractivity contribution in [2.75, 3.05) is 13.2 Å². The van der Waals surface area contributed by atoms with Crippen molar-refractivity contribution >= 4 is 10.1 Å². The average molecular weight is 187 g/mol. The Kier molecular flexibility index (Phi) is 7.91. The van der Waals surface area contributed by atoms with Gasteiger partial charge in [0.15, 0.2) is 5.44 Å². The van der Waals surface area contributed by atoms with Crippen molar-refractivity contribution in [3.8, 4) is 0 Å². The molecule has 11 heavy (non-hydrogen) atoms. The maximum atomic E-state index is 9.64. The lowest BCUT2D eigenvalue weighted by atomic mass is 10.8. The third kappa shape index (κ3) is 12.9. The second kappa shape index (κ2) is 6.50. The van der Waals surface area contributed by atoms with E-state index in [9.17, 15) is 8.42 Å². The zero-order chi connectivity index (χ0) is 9.49. The second-order valence-electron chi connectivity index (χ2n) is 1.63. The molecule has 0 saturated heterocycles. The predicted octanol–water partition coefficient (Wildman–Crippen LogP) is -1.85. The quantitative estimate of drug-likeness (QED) is 0.376. The van der Waals surface area contributed by atoms with Crippen LogP contribution < -0.4 is 5.73 Å². The van der Waals surface area contributed by atoms with Gasteiger partial charge in [-0.25, -0.2) is 0 Å². The van der Waals surface area contributed by atoms with Crippen molar-refractivity contribution in [2.24, 2.45) is 5.73 Å². The molecule has 6 nitrogen and oxygen atoms in total. The van der Waals surface area contributed by atoms with Crippen LogP contribution in [-0.2, 0) is 10.1 Å². The van der Waals surface area contributed by atoms with E-state index < -0.39 is 15.6 Å². The van der Waals surface area contributed by atoms with E-state index in [1.165, 1.54) is 0 Å². The summed E-state index contributed by atoms with van der Waals surface area (Å²) < 4.78 is 27.1. The summed E-state index contributed by atoms with van der Waals surface area (Å²) in [6.45, 7) is 1.44. The third-order valence-corrected chi connectivity index (χ3v) is 1.42. The number of nitrogens with two attached hydrogens (primary N) is 1. The summed E-state index contributed by atoms with van der Waals surface area (Å²) in [4.78, 5) is 0. The number of hydrogen-bond donors (Lipinski definition) is 4. The molecule has 0 rings (SSSR count). The van der Waals surface area contributed by atoms with Crippen molar-refractivity contribution in [2.45, 2.75) is 12.4 Å². The summed E-state index contributed by atoms with van der Waals surface area (Å²) in [5, 5.41) is 15.8. The molecule has 0 radical (unpaired) electrons. The van der Waals surface area contributed by atoms with E-state index in [1.54, 1.807) is 0 Å². The van der Waals surface area contributed by atoms with Crippen LogP contribution in [0.5, 0.6) is 0 Å². The van der Waals surface area contributed by atoms with Gasteiger partial charge in [-0.15, -0.1) is 0 Å². The minimum Gasteiger partial charge on any atom is -0.395 e. The van der Waals surface area contributed by atoms with Gasteiger partial charge in [0.1, 0.15) is 0 Å². The van der Waals surface area contributed by atoms with Crippen LogP contribution in [0.4, 0.5) is 0 Å². The van der Waals surface area contributed by atoms with Gasteiger partial charge in [-0.2, -0.15) is 8.42 Å². The van der Waals surface area contributed by atoms with Crippen LogP contribution in [0.25, 0.3) is 0 Å². The lowest BCUT2D eigenvalue weighted by Gasteiger charge is -1.94. The molecule has 0 fully saturated rings. The first-order valence-corrected chi connectivity index (χ1v) is 4.31. The minimum atomic E-state index is -4.19. The van der Waals surface area contributed by atoms with E-state index in [4.69, 9.17) is 20.5 Å². The van der Waals surface area contributed by atoms with Crippen LogP contribution in [0.2, 0.25) is 0 Å². The van der Waals surface area contributed by atoms with E-state index in [-0.39, 0.29) is 6.61 Å². The molecule has 1 atom stereocenters. The fourth-order valence-corrected chi connectivity index (χ4v) is 0. The zero-order valence-electron chi connectivity index (χ0n) is 6.14. The van der Waals surface area contributed by atoms with Crippen LogP contribution in [0.1, 0.15) is 6.92 Å². The van der Waals surface area contributed by atoms with Crippen LogP contribution in [0.15, 0.2) is 0 Å². The van der Waals surface area contributed by atoms with Gasteiger partial charge in [0.2, 0.25) is 0 Å². The Bertz CT molecular complexity index is 161. The second-order valence-corrected chi connectivity index (χ2v) is 3.34. The van der Waals surface area contributed by atoms with Crippen LogP contribution >= 0.6 is 0 Å². The summed E-state index contributed by atoms with van der Waals surface area (Å²) in [5.41, 5.74) is 3.10. The van der Waals surface area contributed by atoms with Crippen LogP contribution in [0, 0.1) is 0 Å². The third-order valence-electron chi connectivity index (χ3n) is 0.560. The van der Waals surface area contributed by atoms with E-state index in [2.05, 4.69) is 0 Å². The molecule has 0 aliphatic heterocycles. The highest BCUT2D eigenvalue weighted by Crippen LogP contribution is 1.88. The molecule has 0 saturated carbocycles. The minimum absolute atomic E-state index is 0.0972. The normalized spacial score (nSPS) is 13.2. The molecule has 0 aliphatic rings. The van der Waals surface area contributed by atoms with Gasteiger partial charge >= 0.3 is 0 Å². The van der Waals surface area contributed by atoms with Crippen molar-refractivity contribution in [1.82, 2.24) is 0 Å².